The summed E-state index contributed by atoms with van der Waals surface area (Å²) in [5.74, 6) is 1.35. The topological polar surface area (TPSA) is 70.1 Å². The van der Waals surface area contributed by atoms with Gasteiger partial charge in [0.15, 0.2) is 0 Å². The summed E-state index contributed by atoms with van der Waals surface area (Å²) in [6.45, 7) is 0.579. The van der Waals surface area contributed by atoms with E-state index in [0.717, 1.165) is 16.0 Å². The van der Waals surface area contributed by atoms with Gasteiger partial charge in [-0.15, -0.1) is 11.3 Å². The standard InChI is InChI=1S/C9H12N4OS/c1-10-9-12-7(11-3-4-14)6-2-5-15-8(6)13-9/h2,5,14H,3-4H2,1H3,(H2,10,11,12,13). The zero-order valence-corrected chi connectivity index (χ0v) is 9.14. The zero-order chi connectivity index (χ0) is 10.7. The molecule has 6 heteroatoms. The first-order chi connectivity index (χ1) is 7.35. The summed E-state index contributed by atoms with van der Waals surface area (Å²) in [6, 6.07) is 1.97. The molecule has 3 N–H and O–H groups in total. The molecule has 2 aromatic heterocycles. The van der Waals surface area contributed by atoms with Gasteiger partial charge in [0, 0.05) is 13.6 Å². The van der Waals surface area contributed by atoms with Gasteiger partial charge in [0.05, 0.1) is 12.0 Å². The van der Waals surface area contributed by atoms with E-state index in [0.29, 0.717) is 12.5 Å². The molecule has 15 heavy (non-hydrogen) atoms. The Kier molecular flexibility index (Phi) is 2.98. The highest BCUT2D eigenvalue weighted by Crippen LogP contribution is 2.25. The van der Waals surface area contributed by atoms with E-state index in [1.807, 2.05) is 11.4 Å². The quantitative estimate of drug-likeness (QED) is 0.726. The van der Waals surface area contributed by atoms with Crippen LogP contribution in [-0.4, -0.2) is 35.3 Å². The second-order valence-electron chi connectivity index (χ2n) is 2.94. The number of aliphatic hydroxyl groups excluding tert-OH is 1. The Hall–Kier alpha value is -1.40. The van der Waals surface area contributed by atoms with Crippen LogP contribution < -0.4 is 10.6 Å². The highest BCUT2D eigenvalue weighted by Gasteiger charge is 2.06. The van der Waals surface area contributed by atoms with E-state index in [2.05, 4.69) is 20.6 Å². The lowest BCUT2D eigenvalue weighted by molar-refractivity contribution is 0.311. The zero-order valence-electron chi connectivity index (χ0n) is 8.32. The molecule has 0 saturated heterocycles. The predicted molar refractivity (Wildman–Crippen MR) is 62.5 cm³/mol. The van der Waals surface area contributed by atoms with Gasteiger partial charge in [-0.3, -0.25) is 0 Å². The molecule has 2 rings (SSSR count). The predicted octanol–water partition coefficient (Wildman–Crippen LogP) is 1.14. The Labute approximate surface area is 91.2 Å². The van der Waals surface area contributed by atoms with Crippen molar-refractivity contribution in [3.05, 3.63) is 11.4 Å². The summed E-state index contributed by atoms with van der Waals surface area (Å²) < 4.78 is 0. The molecule has 0 spiro atoms. The molecule has 2 heterocycles. The van der Waals surface area contributed by atoms with Crippen LogP contribution in [0.3, 0.4) is 0 Å². The second-order valence-corrected chi connectivity index (χ2v) is 3.83. The van der Waals surface area contributed by atoms with Gasteiger partial charge in [-0.2, -0.15) is 4.98 Å². The van der Waals surface area contributed by atoms with Gasteiger partial charge in [-0.1, -0.05) is 0 Å². The number of nitrogens with one attached hydrogen (secondary N) is 2. The Morgan fingerprint density at radius 1 is 1.47 bits per heavy atom. The average Bonchev–Trinajstić information content (AvgIpc) is 2.73. The van der Waals surface area contributed by atoms with Gasteiger partial charge in [0.1, 0.15) is 10.6 Å². The molecule has 0 aliphatic heterocycles. The van der Waals surface area contributed by atoms with Crippen LogP contribution in [0.1, 0.15) is 0 Å². The van der Waals surface area contributed by atoms with E-state index >= 15 is 0 Å². The lowest BCUT2D eigenvalue weighted by Crippen LogP contribution is -2.08. The minimum atomic E-state index is 0.0878. The maximum atomic E-state index is 8.76. The third kappa shape index (κ3) is 2.00. The van der Waals surface area contributed by atoms with Crippen LogP contribution in [0, 0.1) is 0 Å². The first kappa shape index (κ1) is 10.1. The normalized spacial score (nSPS) is 10.5. The third-order valence-electron chi connectivity index (χ3n) is 1.95. The molecule has 0 aliphatic carbocycles. The number of aromatic nitrogens is 2. The monoisotopic (exact) mass is 224 g/mol. The van der Waals surface area contributed by atoms with Crippen molar-refractivity contribution in [1.29, 1.82) is 0 Å². The molecule has 0 bridgehead atoms. The van der Waals surface area contributed by atoms with Crippen LogP contribution in [-0.2, 0) is 0 Å². The molecule has 0 fully saturated rings. The van der Waals surface area contributed by atoms with E-state index in [-0.39, 0.29) is 6.61 Å². The van der Waals surface area contributed by atoms with Crippen LogP contribution >= 0.6 is 11.3 Å². The maximum absolute atomic E-state index is 8.76. The molecule has 0 unspecified atom stereocenters. The molecule has 80 valence electrons. The molecule has 0 saturated carbocycles. The van der Waals surface area contributed by atoms with Crippen molar-refractivity contribution < 1.29 is 5.11 Å². The van der Waals surface area contributed by atoms with Crippen LogP contribution in [0.2, 0.25) is 0 Å². The first-order valence-electron chi connectivity index (χ1n) is 4.63. The van der Waals surface area contributed by atoms with Crippen LogP contribution in [0.5, 0.6) is 0 Å². The van der Waals surface area contributed by atoms with Crippen LogP contribution in [0.15, 0.2) is 11.4 Å². The van der Waals surface area contributed by atoms with Crippen molar-refractivity contribution in [3.8, 4) is 0 Å². The summed E-state index contributed by atoms with van der Waals surface area (Å²) in [5.41, 5.74) is 0. The number of rotatable bonds is 4. The van der Waals surface area contributed by atoms with Crippen molar-refractivity contribution in [2.24, 2.45) is 0 Å². The van der Waals surface area contributed by atoms with Crippen LogP contribution in [0.25, 0.3) is 10.2 Å². The largest absolute Gasteiger partial charge is 0.395 e. The average molecular weight is 224 g/mol. The molecule has 0 aromatic carbocycles. The second kappa shape index (κ2) is 4.41. The van der Waals surface area contributed by atoms with E-state index in [4.69, 9.17) is 5.11 Å². The number of hydrogen-bond donors (Lipinski definition) is 3. The summed E-state index contributed by atoms with van der Waals surface area (Å²) in [5, 5.41) is 17.7. The Bertz CT molecular complexity index is 456. The number of anilines is 2. The number of hydrogen-bond acceptors (Lipinski definition) is 6. The van der Waals surface area contributed by atoms with Gasteiger partial charge < -0.3 is 15.7 Å². The van der Waals surface area contributed by atoms with Crippen molar-refractivity contribution in [2.75, 3.05) is 30.8 Å². The van der Waals surface area contributed by atoms with Gasteiger partial charge in [-0.05, 0) is 11.4 Å². The SMILES string of the molecule is CNc1nc(NCCO)c2ccsc2n1. The van der Waals surface area contributed by atoms with E-state index in [1.165, 1.54) is 0 Å². The minimum absolute atomic E-state index is 0.0878. The van der Waals surface area contributed by atoms with Crippen molar-refractivity contribution >= 4 is 33.3 Å². The van der Waals surface area contributed by atoms with E-state index < -0.39 is 0 Å². The molecular weight excluding hydrogens is 212 g/mol. The summed E-state index contributed by atoms with van der Waals surface area (Å²) >= 11 is 1.57. The Morgan fingerprint density at radius 3 is 3.07 bits per heavy atom. The van der Waals surface area contributed by atoms with Crippen molar-refractivity contribution in [2.45, 2.75) is 0 Å². The summed E-state index contributed by atoms with van der Waals surface area (Å²) in [6.07, 6.45) is 0. The molecule has 0 amide bonds. The maximum Gasteiger partial charge on any atom is 0.225 e. The molecule has 5 nitrogen and oxygen atoms in total. The highest BCUT2D eigenvalue weighted by molar-refractivity contribution is 7.16. The minimum Gasteiger partial charge on any atom is -0.395 e. The Balaban J connectivity index is 2.43. The fourth-order valence-electron chi connectivity index (χ4n) is 1.28. The van der Waals surface area contributed by atoms with E-state index in [9.17, 15) is 0 Å². The molecule has 2 aromatic rings. The van der Waals surface area contributed by atoms with Gasteiger partial charge in [0.2, 0.25) is 5.95 Å². The highest BCUT2D eigenvalue weighted by atomic mass is 32.1. The van der Waals surface area contributed by atoms with Gasteiger partial charge in [-0.25, -0.2) is 4.98 Å². The Morgan fingerprint density at radius 2 is 2.33 bits per heavy atom. The van der Waals surface area contributed by atoms with Gasteiger partial charge in [0.25, 0.3) is 0 Å². The number of nitrogens with zero attached hydrogens (tertiary/aromatic N) is 2. The summed E-state index contributed by atoms with van der Waals surface area (Å²) in [4.78, 5) is 9.55. The number of fused-ring (bicyclic) bond motifs is 1. The molecular formula is C9H12N4OS. The molecule has 0 atom stereocenters. The van der Waals surface area contributed by atoms with Crippen LogP contribution in [0.4, 0.5) is 11.8 Å². The van der Waals surface area contributed by atoms with E-state index in [1.54, 1.807) is 18.4 Å². The third-order valence-corrected chi connectivity index (χ3v) is 2.76. The lowest BCUT2D eigenvalue weighted by Gasteiger charge is -2.06. The van der Waals surface area contributed by atoms with Crippen molar-refractivity contribution in [1.82, 2.24) is 9.97 Å². The first-order valence-corrected chi connectivity index (χ1v) is 5.51. The smallest absolute Gasteiger partial charge is 0.225 e. The summed E-state index contributed by atoms with van der Waals surface area (Å²) in [7, 11) is 1.78. The van der Waals surface area contributed by atoms with Gasteiger partial charge >= 0.3 is 0 Å². The fraction of sp³-hybridized carbons (Fsp3) is 0.333. The fourth-order valence-corrected chi connectivity index (χ4v) is 2.04. The molecule has 0 aliphatic rings. The number of thiophene rings is 1. The lowest BCUT2D eigenvalue weighted by atomic mass is 10.4. The molecule has 0 radical (unpaired) electrons. The van der Waals surface area contributed by atoms with Crippen molar-refractivity contribution in [3.63, 3.8) is 0 Å². The number of aliphatic hydroxyl groups is 1.